The van der Waals surface area contributed by atoms with Gasteiger partial charge >= 0.3 is 17.8 Å². The van der Waals surface area contributed by atoms with Crippen molar-refractivity contribution in [2.45, 2.75) is 43.4 Å². The van der Waals surface area contributed by atoms with Crippen molar-refractivity contribution in [3.63, 3.8) is 0 Å². The molecule has 45 heavy (non-hydrogen) atoms. The SMILES string of the molecule is Cn1c(=O)n(C2CCC(=O)NC2=O)c2ccc(N3CCN(CC4CN(C5CCNCC5(F)F)C4)CC3)cc21.O=C(O)C(F)(F)F. The average molecular weight is 646 g/mol. The molecule has 248 valence electrons. The van der Waals surface area contributed by atoms with Gasteiger partial charge in [-0.05, 0) is 43.5 Å². The molecule has 2 atom stereocenters. The van der Waals surface area contributed by atoms with E-state index in [2.05, 4.69) is 20.4 Å². The van der Waals surface area contributed by atoms with Gasteiger partial charge in [0.25, 0.3) is 5.92 Å². The maximum atomic E-state index is 14.2. The molecular weight excluding hydrogens is 609 g/mol. The maximum Gasteiger partial charge on any atom is 0.490 e. The molecule has 4 aliphatic rings. The highest BCUT2D eigenvalue weighted by Crippen LogP contribution is 2.33. The Kier molecular flexibility index (Phi) is 9.24. The Labute approximate surface area is 254 Å². The van der Waals surface area contributed by atoms with Crippen LogP contribution >= 0.6 is 0 Å². The number of carboxylic acid groups (broad SMARTS) is 1. The molecule has 6 rings (SSSR count). The number of imide groups is 1. The lowest BCUT2D eigenvalue weighted by atomic mass is 9.91. The summed E-state index contributed by atoms with van der Waals surface area (Å²) in [6, 6.07) is 4.55. The summed E-state index contributed by atoms with van der Waals surface area (Å²) in [5, 5.41) is 12.3. The highest BCUT2D eigenvalue weighted by molar-refractivity contribution is 6.00. The molecule has 1 aromatic carbocycles. The number of hydrogen-bond donors (Lipinski definition) is 3. The number of hydrogen-bond acceptors (Lipinski definition) is 8. The van der Waals surface area contributed by atoms with Crippen LogP contribution in [0.1, 0.15) is 25.3 Å². The van der Waals surface area contributed by atoms with Crippen molar-refractivity contribution >= 4 is 34.5 Å². The van der Waals surface area contributed by atoms with Gasteiger partial charge in [0.05, 0.1) is 23.6 Å². The number of halogens is 5. The summed E-state index contributed by atoms with van der Waals surface area (Å²) in [6.45, 7) is 6.34. The number of amides is 2. The number of alkyl halides is 5. The van der Waals surface area contributed by atoms with Crippen LogP contribution in [-0.4, -0.2) is 119 Å². The second kappa shape index (κ2) is 12.7. The summed E-state index contributed by atoms with van der Waals surface area (Å²) in [6.07, 6.45) is -4.05. The van der Waals surface area contributed by atoms with E-state index < -0.39 is 36.1 Å². The highest BCUT2D eigenvalue weighted by Gasteiger charge is 2.48. The molecule has 0 spiro atoms. The number of aliphatic carboxylic acids is 1. The lowest BCUT2D eigenvalue weighted by Gasteiger charge is -2.50. The molecule has 5 heterocycles. The minimum Gasteiger partial charge on any atom is -0.475 e. The first-order valence-electron chi connectivity index (χ1n) is 14.8. The van der Waals surface area contributed by atoms with Gasteiger partial charge in [0.15, 0.2) is 0 Å². The smallest absolute Gasteiger partial charge is 0.475 e. The number of aromatic nitrogens is 2. The molecule has 1 aromatic heterocycles. The zero-order valence-electron chi connectivity index (χ0n) is 24.7. The summed E-state index contributed by atoms with van der Waals surface area (Å²) < 4.78 is 63.3. The van der Waals surface area contributed by atoms with Crippen molar-refractivity contribution in [2.24, 2.45) is 13.0 Å². The molecule has 2 unspecified atom stereocenters. The van der Waals surface area contributed by atoms with Gasteiger partial charge in [-0.3, -0.25) is 33.8 Å². The number of carbonyl (C=O) groups excluding carboxylic acids is 2. The van der Waals surface area contributed by atoms with Crippen LogP contribution in [0, 0.1) is 5.92 Å². The molecule has 0 aliphatic carbocycles. The third kappa shape index (κ3) is 6.99. The van der Waals surface area contributed by atoms with Crippen molar-refractivity contribution in [1.29, 1.82) is 0 Å². The summed E-state index contributed by atoms with van der Waals surface area (Å²) in [5.74, 6) is -5.71. The number of imidazole rings is 1. The van der Waals surface area contributed by atoms with Crippen molar-refractivity contribution < 1.29 is 41.4 Å². The van der Waals surface area contributed by atoms with Crippen LogP contribution in [-0.2, 0) is 21.4 Å². The molecule has 4 saturated heterocycles. The lowest BCUT2D eigenvalue weighted by molar-refractivity contribution is -0.192. The zero-order chi connectivity index (χ0) is 32.7. The minimum atomic E-state index is -5.08. The fourth-order valence-corrected chi connectivity index (χ4v) is 6.58. The van der Waals surface area contributed by atoms with Gasteiger partial charge in [-0.1, -0.05) is 0 Å². The van der Waals surface area contributed by atoms with Gasteiger partial charge in [-0.25, -0.2) is 18.4 Å². The molecule has 0 saturated carbocycles. The van der Waals surface area contributed by atoms with Gasteiger partial charge in [0.2, 0.25) is 11.8 Å². The van der Waals surface area contributed by atoms with Crippen LogP contribution in [0.3, 0.4) is 0 Å². The predicted molar refractivity (Wildman–Crippen MR) is 152 cm³/mol. The van der Waals surface area contributed by atoms with Crippen LogP contribution < -0.4 is 21.2 Å². The fraction of sp³-hybridized carbons (Fsp3) is 0.643. The number of carbonyl (C=O) groups is 3. The quantitative estimate of drug-likeness (QED) is 0.322. The second-order valence-corrected chi connectivity index (χ2v) is 12.0. The Morgan fingerprint density at radius 2 is 1.71 bits per heavy atom. The first kappa shape index (κ1) is 32.8. The van der Waals surface area contributed by atoms with Gasteiger partial charge in [-0.15, -0.1) is 0 Å². The standard InChI is InChI=1S/C26H35F2N7O3.C2HF3O2/c1-31-21-12-18(2-3-19(21)35(25(31)38)20-4-5-23(36)30-24(20)37)33-10-8-32(9-11-33)13-17-14-34(15-17)22-6-7-29-16-26(22,27)28;3-2(4,5)1(6)7/h2-3,12,17,20,22,29H,4-11,13-16H2,1H3,(H,30,36,37);(H,6,7). The Morgan fingerprint density at radius 3 is 2.31 bits per heavy atom. The van der Waals surface area contributed by atoms with E-state index in [4.69, 9.17) is 9.90 Å². The number of benzene rings is 1. The van der Waals surface area contributed by atoms with Crippen LogP contribution in [0.25, 0.3) is 11.0 Å². The lowest BCUT2D eigenvalue weighted by Crippen LogP contribution is -2.64. The largest absolute Gasteiger partial charge is 0.490 e. The maximum absolute atomic E-state index is 14.2. The molecular formula is C28H36F5N7O5. The average Bonchev–Trinajstić information content (AvgIpc) is 3.20. The Bertz CT molecular complexity index is 1490. The summed E-state index contributed by atoms with van der Waals surface area (Å²) in [5.41, 5.74) is 2.19. The van der Waals surface area contributed by atoms with Crippen molar-refractivity contribution in [2.75, 3.05) is 63.8 Å². The number of nitrogens with zero attached hydrogens (tertiary/aromatic N) is 5. The van der Waals surface area contributed by atoms with E-state index in [9.17, 15) is 36.3 Å². The topological polar surface area (TPSA) is 132 Å². The highest BCUT2D eigenvalue weighted by atomic mass is 19.4. The van der Waals surface area contributed by atoms with E-state index in [1.807, 2.05) is 23.1 Å². The van der Waals surface area contributed by atoms with Crippen molar-refractivity contribution in [3.05, 3.63) is 28.7 Å². The Morgan fingerprint density at radius 1 is 1.04 bits per heavy atom. The molecule has 12 nitrogen and oxygen atoms in total. The summed E-state index contributed by atoms with van der Waals surface area (Å²) in [4.78, 5) is 52.6. The van der Waals surface area contributed by atoms with Crippen molar-refractivity contribution in [3.8, 4) is 0 Å². The normalized spacial score (nSPS) is 25.0. The van der Waals surface area contributed by atoms with E-state index in [0.717, 1.165) is 57.0 Å². The summed E-state index contributed by atoms with van der Waals surface area (Å²) in [7, 11) is 1.70. The number of nitrogens with one attached hydrogen (secondary N) is 2. The van der Waals surface area contributed by atoms with E-state index in [1.165, 1.54) is 4.57 Å². The number of aryl methyl sites for hydroxylation is 1. The van der Waals surface area contributed by atoms with Crippen LogP contribution in [0.2, 0.25) is 0 Å². The number of rotatable bonds is 5. The van der Waals surface area contributed by atoms with Crippen molar-refractivity contribution in [1.82, 2.24) is 29.6 Å². The number of piperidine rings is 2. The van der Waals surface area contributed by atoms with E-state index in [-0.39, 0.29) is 24.6 Å². The van der Waals surface area contributed by atoms with Gasteiger partial charge in [-0.2, -0.15) is 13.2 Å². The van der Waals surface area contributed by atoms with Crippen LogP contribution in [0.5, 0.6) is 0 Å². The monoisotopic (exact) mass is 645 g/mol. The van der Waals surface area contributed by atoms with Gasteiger partial charge in [0.1, 0.15) is 6.04 Å². The zero-order valence-corrected chi connectivity index (χ0v) is 24.7. The van der Waals surface area contributed by atoms with E-state index in [0.29, 0.717) is 30.8 Å². The van der Waals surface area contributed by atoms with Crippen LogP contribution in [0.4, 0.5) is 27.6 Å². The Hall–Kier alpha value is -3.57. The first-order chi connectivity index (χ1) is 21.2. The predicted octanol–water partition coefficient (Wildman–Crippen LogP) is 1.00. The number of anilines is 1. The van der Waals surface area contributed by atoms with Crippen LogP contribution in [0.15, 0.2) is 23.0 Å². The molecule has 3 N–H and O–H groups in total. The third-order valence-corrected chi connectivity index (χ3v) is 8.96. The molecule has 4 fully saturated rings. The van der Waals surface area contributed by atoms with E-state index >= 15 is 0 Å². The molecule has 17 heteroatoms. The number of fused-ring (bicyclic) bond motifs is 1. The fourth-order valence-electron chi connectivity index (χ4n) is 6.58. The number of carboxylic acids is 1. The number of likely N-dealkylation sites (tertiary alicyclic amines) is 1. The van der Waals surface area contributed by atoms with E-state index in [1.54, 1.807) is 11.6 Å². The Balaban J connectivity index is 0.000000515. The first-order valence-corrected chi connectivity index (χ1v) is 14.8. The molecule has 2 aromatic rings. The minimum absolute atomic E-state index is 0.213. The summed E-state index contributed by atoms with van der Waals surface area (Å²) >= 11 is 0. The molecule has 0 bridgehead atoms. The van der Waals surface area contributed by atoms with Gasteiger partial charge < -0.3 is 15.3 Å². The third-order valence-electron chi connectivity index (χ3n) is 8.96. The molecule has 4 aliphatic heterocycles. The molecule has 2 amide bonds. The number of piperazine rings is 1. The van der Waals surface area contributed by atoms with Gasteiger partial charge in [0, 0.05) is 65.0 Å². The molecule has 0 radical (unpaired) electrons. The second-order valence-electron chi connectivity index (χ2n) is 12.0.